The van der Waals surface area contributed by atoms with Crippen molar-refractivity contribution in [3.63, 3.8) is 0 Å². The van der Waals surface area contributed by atoms with Gasteiger partial charge in [-0.05, 0) is 50.8 Å². The van der Waals surface area contributed by atoms with Crippen LogP contribution in [0.2, 0.25) is 0 Å². The molecular formula is C16H23NO2. The van der Waals surface area contributed by atoms with Crippen molar-refractivity contribution in [3.05, 3.63) is 29.8 Å². The van der Waals surface area contributed by atoms with Gasteiger partial charge in [0.05, 0.1) is 24.2 Å². The number of hydrogen-bond donors (Lipinski definition) is 1. The molecule has 0 aliphatic carbocycles. The first-order valence-corrected chi connectivity index (χ1v) is 6.80. The van der Waals surface area contributed by atoms with E-state index in [1.165, 1.54) is 0 Å². The lowest BCUT2D eigenvalue weighted by Gasteiger charge is -2.15. The Balaban J connectivity index is 2.37. The van der Waals surface area contributed by atoms with Gasteiger partial charge in [0.15, 0.2) is 0 Å². The third-order valence-electron chi connectivity index (χ3n) is 3.17. The molecule has 1 rings (SSSR count). The Kier molecular flexibility index (Phi) is 5.85. The predicted molar refractivity (Wildman–Crippen MR) is 75.8 cm³/mol. The van der Waals surface area contributed by atoms with E-state index in [1.54, 1.807) is 0 Å². The summed E-state index contributed by atoms with van der Waals surface area (Å²) in [6.45, 7) is 6.44. The van der Waals surface area contributed by atoms with Crippen LogP contribution in [0.4, 0.5) is 0 Å². The zero-order valence-corrected chi connectivity index (χ0v) is 12.0. The van der Waals surface area contributed by atoms with Gasteiger partial charge in [0.1, 0.15) is 5.75 Å². The summed E-state index contributed by atoms with van der Waals surface area (Å²) in [4.78, 5) is 0. The Morgan fingerprint density at radius 1 is 1.32 bits per heavy atom. The Hall–Kier alpha value is -1.53. The lowest BCUT2D eigenvalue weighted by Crippen LogP contribution is -2.10. The highest BCUT2D eigenvalue weighted by Crippen LogP contribution is 2.22. The van der Waals surface area contributed by atoms with Crippen LogP contribution in [-0.4, -0.2) is 11.7 Å². The first kappa shape index (κ1) is 15.5. The van der Waals surface area contributed by atoms with Crippen LogP contribution < -0.4 is 4.74 Å². The smallest absolute Gasteiger partial charge is 0.119 e. The van der Waals surface area contributed by atoms with Crippen LogP contribution in [0, 0.1) is 16.7 Å². The maximum absolute atomic E-state index is 9.68. The maximum Gasteiger partial charge on any atom is 0.119 e. The number of nitriles is 1. The SMILES string of the molecule is CCC(O)c1ccc(OCCCC(C)(C)C#N)cc1. The van der Waals surface area contributed by atoms with E-state index in [0.717, 1.165) is 24.2 Å². The van der Waals surface area contributed by atoms with Gasteiger partial charge in [-0.1, -0.05) is 19.1 Å². The molecule has 0 aliphatic rings. The van der Waals surface area contributed by atoms with Gasteiger partial charge >= 0.3 is 0 Å². The molecule has 0 saturated heterocycles. The quantitative estimate of drug-likeness (QED) is 0.759. The van der Waals surface area contributed by atoms with E-state index < -0.39 is 6.10 Å². The molecule has 19 heavy (non-hydrogen) atoms. The zero-order valence-electron chi connectivity index (χ0n) is 12.0. The summed E-state index contributed by atoms with van der Waals surface area (Å²) in [7, 11) is 0. The molecule has 0 fully saturated rings. The largest absolute Gasteiger partial charge is 0.494 e. The first-order chi connectivity index (χ1) is 8.98. The minimum Gasteiger partial charge on any atom is -0.494 e. The van der Waals surface area contributed by atoms with Crippen molar-refractivity contribution in [2.45, 2.75) is 46.1 Å². The molecule has 0 amide bonds. The second-order valence-electron chi connectivity index (χ2n) is 5.44. The van der Waals surface area contributed by atoms with Crippen LogP contribution in [0.25, 0.3) is 0 Å². The Morgan fingerprint density at radius 3 is 2.47 bits per heavy atom. The molecule has 1 unspecified atom stereocenters. The van der Waals surface area contributed by atoms with E-state index >= 15 is 0 Å². The highest BCUT2D eigenvalue weighted by Gasteiger charge is 2.15. The van der Waals surface area contributed by atoms with Gasteiger partial charge < -0.3 is 9.84 Å². The molecule has 1 atom stereocenters. The topological polar surface area (TPSA) is 53.2 Å². The standard InChI is InChI=1S/C16H23NO2/c1-4-15(18)13-6-8-14(9-7-13)19-11-5-10-16(2,3)12-17/h6-9,15,18H,4-5,10-11H2,1-3H3. The average Bonchev–Trinajstić information content (AvgIpc) is 2.43. The zero-order chi connectivity index (χ0) is 14.3. The molecule has 0 spiro atoms. The van der Waals surface area contributed by atoms with Crippen molar-refractivity contribution in [1.29, 1.82) is 5.26 Å². The van der Waals surface area contributed by atoms with Gasteiger partial charge in [0, 0.05) is 0 Å². The van der Waals surface area contributed by atoms with Gasteiger partial charge in [-0.3, -0.25) is 0 Å². The minimum atomic E-state index is -0.398. The lowest BCUT2D eigenvalue weighted by molar-refractivity contribution is 0.173. The highest BCUT2D eigenvalue weighted by atomic mass is 16.5. The minimum absolute atomic E-state index is 0.279. The summed E-state index contributed by atoms with van der Waals surface area (Å²) in [5.74, 6) is 0.807. The van der Waals surface area contributed by atoms with Crippen molar-refractivity contribution in [1.82, 2.24) is 0 Å². The number of nitrogens with zero attached hydrogens (tertiary/aromatic N) is 1. The van der Waals surface area contributed by atoms with Crippen LogP contribution in [-0.2, 0) is 0 Å². The van der Waals surface area contributed by atoms with Crippen LogP contribution in [0.15, 0.2) is 24.3 Å². The summed E-state index contributed by atoms with van der Waals surface area (Å²) in [6.07, 6.45) is 2.00. The molecule has 1 aromatic carbocycles. The number of hydrogen-bond acceptors (Lipinski definition) is 3. The van der Waals surface area contributed by atoms with Crippen LogP contribution in [0.5, 0.6) is 5.75 Å². The van der Waals surface area contributed by atoms with Crippen molar-refractivity contribution in [3.8, 4) is 11.8 Å². The van der Waals surface area contributed by atoms with Gasteiger partial charge in [0.2, 0.25) is 0 Å². The molecule has 104 valence electrons. The number of benzene rings is 1. The third kappa shape index (κ3) is 5.32. The van der Waals surface area contributed by atoms with Crippen LogP contribution >= 0.6 is 0 Å². The third-order valence-corrected chi connectivity index (χ3v) is 3.17. The predicted octanol–water partition coefficient (Wildman–Crippen LogP) is 3.84. The number of ether oxygens (including phenoxy) is 1. The van der Waals surface area contributed by atoms with E-state index in [9.17, 15) is 5.11 Å². The molecule has 1 aromatic rings. The van der Waals surface area contributed by atoms with Crippen LogP contribution in [0.3, 0.4) is 0 Å². The Morgan fingerprint density at radius 2 is 1.95 bits per heavy atom. The molecule has 0 saturated carbocycles. The fourth-order valence-corrected chi connectivity index (χ4v) is 1.78. The van der Waals surface area contributed by atoms with Crippen molar-refractivity contribution in [2.24, 2.45) is 5.41 Å². The summed E-state index contributed by atoms with van der Waals surface area (Å²) in [6, 6.07) is 9.82. The number of aliphatic hydroxyl groups is 1. The summed E-state index contributed by atoms with van der Waals surface area (Å²) in [5.41, 5.74) is 0.638. The van der Waals surface area contributed by atoms with E-state index in [-0.39, 0.29) is 5.41 Å². The van der Waals surface area contributed by atoms with Crippen molar-refractivity contribution in [2.75, 3.05) is 6.61 Å². The van der Waals surface area contributed by atoms with Gasteiger partial charge in [-0.15, -0.1) is 0 Å². The van der Waals surface area contributed by atoms with E-state index in [4.69, 9.17) is 10.00 Å². The second-order valence-corrected chi connectivity index (χ2v) is 5.44. The van der Waals surface area contributed by atoms with Gasteiger partial charge in [-0.25, -0.2) is 0 Å². The molecule has 0 aromatic heterocycles. The Bertz CT molecular complexity index is 417. The summed E-state index contributed by atoms with van der Waals surface area (Å²) < 4.78 is 5.62. The molecule has 3 nitrogen and oxygen atoms in total. The van der Waals surface area contributed by atoms with E-state index in [1.807, 2.05) is 45.0 Å². The van der Waals surface area contributed by atoms with Gasteiger partial charge in [0.25, 0.3) is 0 Å². The average molecular weight is 261 g/mol. The Labute approximate surface area is 115 Å². The second kappa shape index (κ2) is 7.16. The lowest BCUT2D eigenvalue weighted by atomic mass is 9.90. The van der Waals surface area contributed by atoms with Crippen molar-refractivity contribution < 1.29 is 9.84 Å². The van der Waals surface area contributed by atoms with Crippen molar-refractivity contribution >= 4 is 0 Å². The first-order valence-electron chi connectivity index (χ1n) is 6.80. The van der Waals surface area contributed by atoms with E-state index in [2.05, 4.69) is 6.07 Å². The fraction of sp³-hybridized carbons (Fsp3) is 0.562. The molecule has 0 heterocycles. The number of rotatable bonds is 7. The molecule has 0 bridgehead atoms. The molecule has 0 aliphatic heterocycles. The fourth-order valence-electron chi connectivity index (χ4n) is 1.78. The molecule has 1 N–H and O–H groups in total. The molecule has 3 heteroatoms. The maximum atomic E-state index is 9.68. The van der Waals surface area contributed by atoms with Crippen LogP contribution in [0.1, 0.15) is 51.7 Å². The molecular weight excluding hydrogens is 238 g/mol. The normalized spacial score (nSPS) is 12.8. The number of aliphatic hydroxyl groups excluding tert-OH is 1. The summed E-state index contributed by atoms with van der Waals surface area (Å²) in [5, 5.41) is 18.6. The molecule has 0 radical (unpaired) electrons. The monoisotopic (exact) mass is 261 g/mol. The van der Waals surface area contributed by atoms with Gasteiger partial charge in [-0.2, -0.15) is 5.26 Å². The van der Waals surface area contributed by atoms with E-state index in [0.29, 0.717) is 13.0 Å². The summed E-state index contributed by atoms with van der Waals surface area (Å²) >= 11 is 0. The highest BCUT2D eigenvalue weighted by molar-refractivity contribution is 5.28.